The molecule has 0 aliphatic heterocycles. The summed E-state index contributed by atoms with van der Waals surface area (Å²) in [5, 5.41) is 0. The molecule has 0 bridgehead atoms. The van der Waals surface area contributed by atoms with E-state index < -0.39 is 17.4 Å². The molecule has 2 aromatic rings. The van der Waals surface area contributed by atoms with Crippen molar-refractivity contribution in [3.63, 3.8) is 0 Å². The second-order valence-corrected chi connectivity index (χ2v) is 5.24. The first kappa shape index (κ1) is 13.3. The molecule has 0 N–H and O–H groups in total. The monoisotopic (exact) mass is 375 g/mol. The number of aromatic nitrogens is 1. The normalized spacial score (nSPS) is 10.4. The number of carbonyl (C=O) groups excluding carboxylic acids is 1. The van der Waals surface area contributed by atoms with Crippen molar-refractivity contribution >= 4 is 37.6 Å². The molecule has 0 amide bonds. The van der Waals surface area contributed by atoms with E-state index in [1.807, 2.05) is 0 Å². The predicted molar refractivity (Wildman–Crippen MR) is 69.4 cm³/mol. The molecule has 1 aromatic heterocycles. The Labute approximate surface area is 118 Å². The molecular formula is C12H5Br2F2NO. The molecule has 0 aliphatic rings. The lowest BCUT2D eigenvalue weighted by molar-refractivity contribution is 0.103. The lowest BCUT2D eigenvalue weighted by Crippen LogP contribution is -2.06. The van der Waals surface area contributed by atoms with Gasteiger partial charge in [0.15, 0.2) is 0 Å². The third-order valence-electron chi connectivity index (χ3n) is 2.15. The summed E-state index contributed by atoms with van der Waals surface area (Å²) in [4.78, 5) is 16.0. The van der Waals surface area contributed by atoms with E-state index in [0.717, 1.165) is 12.1 Å². The largest absolute Gasteiger partial charge is 0.287 e. The van der Waals surface area contributed by atoms with E-state index in [1.54, 1.807) is 6.07 Å². The fourth-order valence-electron chi connectivity index (χ4n) is 1.40. The van der Waals surface area contributed by atoms with Crippen LogP contribution in [0.15, 0.2) is 39.4 Å². The third kappa shape index (κ3) is 2.81. The first-order valence-corrected chi connectivity index (χ1v) is 6.38. The van der Waals surface area contributed by atoms with Crippen LogP contribution in [0.4, 0.5) is 8.78 Å². The van der Waals surface area contributed by atoms with E-state index in [9.17, 15) is 13.6 Å². The van der Waals surface area contributed by atoms with E-state index in [1.165, 1.54) is 6.20 Å². The van der Waals surface area contributed by atoms with Crippen LogP contribution in [-0.2, 0) is 0 Å². The molecule has 0 saturated carbocycles. The number of benzene rings is 1. The number of ketones is 1. The highest BCUT2D eigenvalue weighted by Gasteiger charge is 2.16. The number of halogens is 4. The van der Waals surface area contributed by atoms with Gasteiger partial charge in [-0.1, -0.05) is 0 Å². The number of carbonyl (C=O) groups is 1. The van der Waals surface area contributed by atoms with Gasteiger partial charge in [0.05, 0.1) is 0 Å². The molecule has 0 aliphatic carbocycles. The topological polar surface area (TPSA) is 30.0 Å². The van der Waals surface area contributed by atoms with Crippen LogP contribution in [0.1, 0.15) is 16.1 Å². The maximum atomic E-state index is 13.0. The van der Waals surface area contributed by atoms with Gasteiger partial charge in [-0.15, -0.1) is 0 Å². The molecule has 0 saturated heterocycles. The molecular weight excluding hydrogens is 372 g/mol. The quantitative estimate of drug-likeness (QED) is 0.738. The smallest absolute Gasteiger partial charge is 0.212 e. The average Bonchev–Trinajstić information content (AvgIpc) is 2.26. The Hall–Kier alpha value is -1.14. The van der Waals surface area contributed by atoms with Gasteiger partial charge in [0.25, 0.3) is 0 Å². The zero-order valence-corrected chi connectivity index (χ0v) is 11.9. The summed E-state index contributed by atoms with van der Waals surface area (Å²) in [5.74, 6) is -2.15. The van der Waals surface area contributed by atoms with E-state index in [4.69, 9.17) is 0 Å². The van der Waals surface area contributed by atoms with Gasteiger partial charge in [-0.25, -0.2) is 8.78 Å². The Kier molecular flexibility index (Phi) is 3.87. The second kappa shape index (κ2) is 5.24. The predicted octanol–water partition coefficient (Wildman–Crippen LogP) is 4.12. The summed E-state index contributed by atoms with van der Waals surface area (Å²) in [6.07, 6.45) is 1.44. The third-order valence-corrected chi connectivity index (χ3v) is 3.19. The Morgan fingerprint density at radius 1 is 1.06 bits per heavy atom. The highest BCUT2D eigenvalue weighted by Crippen LogP contribution is 2.22. The Morgan fingerprint density at radius 2 is 1.67 bits per heavy atom. The molecule has 18 heavy (non-hydrogen) atoms. The van der Waals surface area contributed by atoms with E-state index in [0.29, 0.717) is 15.0 Å². The van der Waals surface area contributed by atoms with Crippen molar-refractivity contribution in [2.24, 2.45) is 0 Å². The van der Waals surface area contributed by atoms with Crippen LogP contribution in [0.3, 0.4) is 0 Å². The SMILES string of the molecule is O=C(c1cc(F)cc(F)c1)c1ncc(Br)cc1Br. The van der Waals surface area contributed by atoms with E-state index in [2.05, 4.69) is 36.8 Å². The summed E-state index contributed by atoms with van der Waals surface area (Å²) in [6.45, 7) is 0. The Balaban J connectivity index is 2.47. The van der Waals surface area contributed by atoms with Crippen molar-refractivity contribution in [3.8, 4) is 0 Å². The molecule has 1 aromatic carbocycles. The summed E-state index contributed by atoms with van der Waals surface area (Å²) in [7, 11) is 0. The average molecular weight is 377 g/mol. The van der Waals surface area contributed by atoms with Crippen molar-refractivity contribution in [1.82, 2.24) is 4.98 Å². The molecule has 2 rings (SSSR count). The second-order valence-electron chi connectivity index (χ2n) is 3.47. The van der Waals surface area contributed by atoms with Crippen molar-refractivity contribution in [2.45, 2.75) is 0 Å². The Bertz CT molecular complexity index is 611. The first-order valence-electron chi connectivity index (χ1n) is 4.79. The molecule has 0 radical (unpaired) electrons. The maximum absolute atomic E-state index is 13.0. The van der Waals surface area contributed by atoms with Crippen molar-refractivity contribution in [3.05, 3.63) is 62.3 Å². The number of rotatable bonds is 2. The van der Waals surface area contributed by atoms with Crippen LogP contribution in [0.2, 0.25) is 0 Å². The van der Waals surface area contributed by atoms with E-state index in [-0.39, 0.29) is 11.3 Å². The maximum Gasteiger partial charge on any atom is 0.212 e. The van der Waals surface area contributed by atoms with Crippen LogP contribution in [-0.4, -0.2) is 10.8 Å². The van der Waals surface area contributed by atoms with Crippen molar-refractivity contribution in [2.75, 3.05) is 0 Å². The van der Waals surface area contributed by atoms with Gasteiger partial charge < -0.3 is 0 Å². The minimum Gasteiger partial charge on any atom is -0.287 e. The molecule has 1 heterocycles. The van der Waals surface area contributed by atoms with Crippen molar-refractivity contribution < 1.29 is 13.6 Å². The van der Waals surface area contributed by atoms with Crippen LogP contribution in [0.5, 0.6) is 0 Å². The molecule has 0 unspecified atom stereocenters. The zero-order chi connectivity index (χ0) is 13.3. The molecule has 92 valence electrons. The molecule has 0 fully saturated rings. The number of pyridine rings is 1. The van der Waals surface area contributed by atoms with Gasteiger partial charge in [-0.05, 0) is 50.1 Å². The molecule has 0 atom stereocenters. The van der Waals surface area contributed by atoms with Gasteiger partial charge >= 0.3 is 0 Å². The van der Waals surface area contributed by atoms with Crippen LogP contribution >= 0.6 is 31.9 Å². The minimum atomic E-state index is -0.799. The zero-order valence-electron chi connectivity index (χ0n) is 8.75. The van der Waals surface area contributed by atoms with Gasteiger partial charge in [-0.2, -0.15) is 0 Å². The summed E-state index contributed by atoms with van der Waals surface area (Å²) < 4.78 is 27.2. The lowest BCUT2D eigenvalue weighted by atomic mass is 10.1. The van der Waals surface area contributed by atoms with Gasteiger partial charge in [-0.3, -0.25) is 9.78 Å². The number of nitrogens with zero attached hydrogens (tertiary/aromatic N) is 1. The van der Waals surface area contributed by atoms with Gasteiger partial charge in [0.2, 0.25) is 5.78 Å². The van der Waals surface area contributed by atoms with E-state index >= 15 is 0 Å². The number of hydrogen-bond acceptors (Lipinski definition) is 2. The summed E-state index contributed by atoms with van der Waals surface area (Å²) >= 11 is 6.38. The molecule has 0 spiro atoms. The van der Waals surface area contributed by atoms with Gasteiger partial charge in [0.1, 0.15) is 17.3 Å². The lowest BCUT2D eigenvalue weighted by Gasteiger charge is -2.04. The molecule has 6 heteroatoms. The fraction of sp³-hybridized carbons (Fsp3) is 0. The highest BCUT2D eigenvalue weighted by molar-refractivity contribution is 9.11. The minimum absolute atomic E-state index is 0.0805. The molecule has 2 nitrogen and oxygen atoms in total. The first-order chi connectivity index (χ1) is 8.47. The van der Waals surface area contributed by atoms with Crippen molar-refractivity contribution in [1.29, 1.82) is 0 Å². The number of hydrogen-bond donors (Lipinski definition) is 0. The van der Waals surface area contributed by atoms with Crippen LogP contribution < -0.4 is 0 Å². The van der Waals surface area contributed by atoms with Gasteiger partial charge in [0, 0.05) is 26.8 Å². The van der Waals surface area contributed by atoms with Crippen LogP contribution in [0, 0.1) is 11.6 Å². The summed E-state index contributed by atoms with van der Waals surface area (Å²) in [5.41, 5.74) is 0.0197. The Morgan fingerprint density at radius 3 is 2.22 bits per heavy atom. The highest BCUT2D eigenvalue weighted by atomic mass is 79.9. The fourth-order valence-corrected chi connectivity index (χ4v) is 2.57. The standard InChI is InChI=1S/C12H5Br2F2NO/c13-7-3-10(14)11(17-5-7)12(18)6-1-8(15)4-9(16)2-6/h1-5H. The van der Waals surface area contributed by atoms with Crippen LogP contribution in [0.25, 0.3) is 0 Å². The summed E-state index contributed by atoms with van der Waals surface area (Å²) in [6, 6.07) is 4.29.